The summed E-state index contributed by atoms with van der Waals surface area (Å²) in [6.07, 6.45) is -0.951. The van der Waals surface area contributed by atoms with E-state index in [4.69, 9.17) is 9.47 Å². The Hall–Kier alpha value is -3.60. The molecule has 1 N–H and O–H groups in total. The van der Waals surface area contributed by atoms with Gasteiger partial charge >= 0.3 is 5.97 Å². The molecule has 0 radical (unpaired) electrons. The number of ether oxygens (including phenoxy) is 2. The maximum atomic E-state index is 12.7. The molecule has 1 unspecified atom stereocenters. The van der Waals surface area contributed by atoms with Gasteiger partial charge in [-0.1, -0.05) is 62.4 Å². The molecule has 0 aromatic heterocycles. The van der Waals surface area contributed by atoms with Crippen LogP contribution >= 0.6 is 0 Å². The minimum atomic E-state index is -0.951. The zero-order valence-corrected chi connectivity index (χ0v) is 18.0. The van der Waals surface area contributed by atoms with Crippen LogP contribution in [0.1, 0.15) is 31.1 Å². The highest BCUT2D eigenvalue weighted by atomic mass is 16.5. The summed E-state index contributed by atoms with van der Waals surface area (Å²) in [4.78, 5) is 25.1. The van der Waals surface area contributed by atoms with E-state index in [-0.39, 0.29) is 0 Å². The van der Waals surface area contributed by atoms with Gasteiger partial charge in [0.25, 0.3) is 5.91 Å². The Kier molecular flexibility index (Phi) is 7.44. The molecule has 0 bridgehead atoms. The van der Waals surface area contributed by atoms with Gasteiger partial charge in [-0.2, -0.15) is 0 Å². The maximum Gasteiger partial charge on any atom is 0.338 e. The summed E-state index contributed by atoms with van der Waals surface area (Å²) in [5, 5.41) is 2.87. The largest absolute Gasteiger partial charge is 0.493 e. The van der Waals surface area contributed by atoms with Gasteiger partial charge in [-0.15, -0.1) is 0 Å². The fraction of sp³-hybridized carbons (Fsp3) is 0.231. The minimum absolute atomic E-state index is 0.362. The van der Waals surface area contributed by atoms with E-state index in [9.17, 15) is 9.59 Å². The van der Waals surface area contributed by atoms with Crippen LogP contribution in [0.25, 0.3) is 11.1 Å². The Balaban J connectivity index is 1.62. The number of amides is 1. The highest BCUT2D eigenvalue weighted by molar-refractivity contribution is 5.99. The summed E-state index contributed by atoms with van der Waals surface area (Å²) in [5.41, 5.74) is 2.91. The Morgan fingerprint density at radius 3 is 2.16 bits per heavy atom. The Labute approximate surface area is 183 Å². The molecule has 0 saturated carbocycles. The van der Waals surface area contributed by atoms with Gasteiger partial charge in [-0.05, 0) is 48.7 Å². The lowest BCUT2D eigenvalue weighted by atomic mass is 10.0. The predicted molar refractivity (Wildman–Crippen MR) is 122 cm³/mol. The second kappa shape index (κ2) is 10.4. The summed E-state index contributed by atoms with van der Waals surface area (Å²) in [7, 11) is 0. The molecule has 5 nitrogen and oxygen atoms in total. The molecule has 31 heavy (non-hydrogen) atoms. The third-order valence-electron chi connectivity index (χ3n) is 4.60. The number of nitrogens with one attached hydrogen (secondary N) is 1. The standard InChI is InChI=1S/C26H27NO4/c1-18(2)17-30-22-15-13-21(14-16-22)26(29)31-19(3)25(28)27-24-12-8-7-11-23(24)20-9-5-4-6-10-20/h4-16,18-19H,17H2,1-3H3,(H,27,28). The van der Waals surface area contributed by atoms with Crippen molar-refractivity contribution in [1.29, 1.82) is 0 Å². The van der Waals surface area contributed by atoms with Crippen LogP contribution in [0.5, 0.6) is 5.75 Å². The molecule has 5 heteroatoms. The number of esters is 1. The monoisotopic (exact) mass is 417 g/mol. The van der Waals surface area contributed by atoms with E-state index in [1.807, 2.05) is 54.6 Å². The van der Waals surface area contributed by atoms with Gasteiger partial charge in [0.15, 0.2) is 6.10 Å². The van der Waals surface area contributed by atoms with Crippen LogP contribution in [-0.4, -0.2) is 24.6 Å². The highest BCUT2D eigenvalue weighted by Gasteiger charge is 2.20. The predicted octanol–water partition coefficient (Wildman–Crippen LogP) is 5.57. The number of carbonyl (C=O) groups excluding carboxylic acids is 2. The SMILES string of the molecule is CC(C)COc1ccc(C(=O)OC(C)C(=O)Nc2ccccc2-c2ccccc2)cc1. The fourth-order valence-electron chi connectivity index (χ4n) is 2.93. The quantitative estimate of drug-likeness (QED) is 0.487. The molecule has 1 atom stereocenters. The van der Waals surface area contributed by atoms with Crippen molar-refractivity contribution in [3.05, 3.63) is 84.4 Å². The van der Waals surface area contributed by atoms with Gasteiger partial charge in [0.05, 0.1) is 12.2 Å². The van der Waals surface area contributed by atoms with Crippen molar-refractivity contribution in [1.82, 2.24) is 0 Å². The average molecular weight is 418 g/mol. The molecule has 3 rings (SSSR count). The molecule has 160 valence electrons. The lowest BCUT2D eigenvalue weighted by Gasteiger charge is -2.16. The van der Waals surface area contributed by atoms with Crippen LogP contribution in [0, 0.1) is 5.92 Å². The second-order valence-corrected chi connectivity index (χ2v) is 7.68. The molecule has 0 fully saturated rings. The van der Waals surface area contributed by atoms with E-state index in [0.717, 1.165) is 11.1 Å². The summed E-state index contributed by atoms with van der Waals surface area (Å²) < 4.78 is 11.0. The number of anilines is 1. The van der Waals surface area contributed by atoms with Crippen molar-refractivity contribution >= 4 is 17.6 Å². The molecule has 0 spiro atoms. The number of hydrogen-bond donors (Lipinski definition) is 1. The molecular formula is C26H27NO4. The normalized spacial score (nSPS) is 11.6. The first-order chi connectivity index (χ1) is 14.9. The first-order valence-electron chi connectivity index (χ1n) is 10.3. The van der Waals surface area contributed by atoms with Gasteiger partial charge in [-0.25, -0.2) is 4.79 Å². The Morgan fingerprint density at radius 1 is 0.839 bits per heavy atom. The third-order valence-corrected chi connectivity index (χ3v) is 4.60. The topological polar surface area (TPSA) is 64.6 Å². The van der Waals surface area contributed by atoms with Crippen LogP contribution < -0.4 is 10.1 Å². The Morgan fingerprint density at radius 2 is 1.48 bits per heavy atom. The number of benzene rings is 3. The van der Waals surface area contributed by atoms with Crippen LogP contribution in [-0.2, 0) is 9.53 Å². The number of para-hydroxylation sites is 1. The molecule has 1 amide bonds. The summed E-state index contributed by atoms with van der Waals surface area (Å²) in [5.74, 6) is 0.146. The summed E-state index contributed by atoms with van der Waals surface area (Å²) >= 11 is 0. The summed E-state index contributed by atoms with van der Waals surface area (Å²) in [6.45, 7) is 6.29. The maximum absolute atomic E-state index is 12.7. The smallest absolute Gasteiger partial charge is 0.338 e. The van der Waals surface area contributed by atoms with Crippen LogP contribution in [0.3, 0.4) is 0 Å². The van der Waals surface area contributed by atoms with E-state index in [2.05, 4.69) is 19.2 Å². The molecule has 0 aliphatic carbocycles. The fourth-order valence-corrected chi connectivity index (χ4v) is 2.93. The van der Waals surface area contributed by atoms with Crippen molar-refractivity contribution in [3.8, 4) is 16.9 Å². The van der Waals surface area contributed by atoms with E-state index in [1.165, 1.54) is 0 Å². The first-order valence-corrected chi connectivity index (χ1v) is 10.3. The van der Waals surface area contributed by atoms with Crippen LogP contribution in [0.2, 0.25) is 0 Å². The minimum Gasteiger partial charge on any atom is -0.493 e. The third kappa shape index (κ3) is 6.19. The summed E-state index contributed by atoms with van der Waals surface area (Å²) in [6, 6.07) is 24.0. The van der Waals surface area contributed by atoms with E-state index in [1.54, 1.807) is 31.2 Å². The van der Waals surface area contributed by atoms with Crippen molar-refractivity contribution in [2.75, 3.05) is 11.9 Å². The first kappa shape index (κ1) is 22.1. The number of rotatable bonds is 8. The van der Waals surface area contributed by atoms with Gasteiger partial charge in [0, 0.05) is 11.3 Å². The molecule has 3 aromatic carbocycles. The van der Waals surface area contributed by atoms with E-state index < -0.39 is 18.0 Å². The average Bonchev–Trinajstić information content (AvgIpc) is 2.79. The van der Waals surface area contributed by atoms with Gasteiger partial charge in [0.2, 0.25) is 0 Å². The number of hydrogen-bond acceptors (Lipinski definition) is 4. The van der Waals surface area contributed by atoms with Gasteiger partial charge in [-0.3, -0.25) is 4.79 Å². The molecular weight excluding hydrogens is 390 g/mol. The molecule has 0 aliphatic rings. The van der Waals surface area contributed by atoms with E-state index >= 15 is 0 Å². The van der Waals surface area contributed by atoms with Gasteiger partial charge in [0.1, 0.15) is 5.75 Å². The number of carbonyl (C=O) groups is 2. The van der Waals surface area contributed by atoms with E-state index in [0.29, 0.717) is 29.5 Å². The van der Waals surface area contributed by atoms with Crippen molar-refractivity contribution < 1.29 is 19.1 Å². The Bertz CT molecular complexity index is 1010. The van der Waals surface area contributed by atoms with Crippen molar-refractivity contribution in [2.45, 2.75) is 26.9 Å². The molecule has 0 heterocycles. The van der Waals surface area contributed by atoms with Crippen LogP contribution in [0.15, 0.2) is 78.9 Å². The zero-order valence-electron chi connectivity index (χ0n) is 18.0. The molecule has 0 saturated heterocycles. The molecule has 3 aromatic rings. The van der Waals surface area contributed by atoms with Crippen LogP contribution in [0.4, 0.5) is 5.69 Å². The lowest BCUT2D eigenvalue weighted by molar-refractivity contribution is -0.123. The van der Waals surface area contributed by atoms with Gasteiger partial charge < -0.3 is 14.8 Å². The molecule has 0 aliphatic heterocycles. The van der Waals surface area contributed by atoms with Crippen molar-refractivity contribution in [2.24, 2.45) is 5.92 Å². The van der Waals surface area contributed by atoms with Crippen molar-refractivity contribution in [3.63, 3.8) is 0 Å². The zero-order chi connectivity index (χ0) is 22.2. The lowest BCUT2D eigenvalue weighted by Crippen LogP contribution is -2.30. The highest BCUT2D eigenvalue weighted by Crippen LogP contribution is 2.27. The second-order valence-electron chi connectivity index (χ2n) is 7.68.